The average molecular weight is 563 g/mol. The lowest BCUT2D eigenvalue weighted by Crippen LogP contribution is -2.42. The number of hydrogen-bond acceptors (Lipinski definition) is 6. The Kier molecular flexibility index (Phi) is 10.8. The van der Waals surface area contributed by atoms with E-state index >= 15 is 0 Å². The maximum absolute atomic E-state index is 12.5. The molecule has 1 amide bonds. The quantitative estimate of drug-likeness (QED) is 0.169. The van der Waals surface area contributed by atoms with Gasteiger partial charge in [-0.05, 0) is 53.9 Å². The van der Waals surface area contributed by atoms with Crippen LogP contribution in [0.15, 0.2) is 85.2 Å². The Balaban J connectivity index is 1.32. The molecule has 214 valence electrons. The molecule has 0 radical (unpaired) electrons. The Hall–Kier alpha value is -5.03. The van der Waals surface area contributed by atoms with E-state index in [1.807, 2.05) is 42.5 Å². The number of hydrogen-bond donors (Lipinski definition) is 2. The first-order chi connectivity index (χ1) is 20.5. The molecule has 0 saturated heterocycles. The number of ether oxygens (including phenoxy) is 1. The first kappa shape index (κ1) is 29.9. The van der Waals surface area contributed by atoms with Crippen LogP contribution in [-0.4, -0.2) is 39.6 Å². The number of carbonyl (C=O) groups is 2. The zero-order valence-electron chi connectivity index (χ0n) is 23.6. The van der Waals surface area contributed by atoms with Gasteiger partial charge in [-0.25, -0.2) is 14.8 Å². The number of carbonyl (C=O) groups excluding carboxylic acids is 1. The van der Waals surface area contributed by atoms with E-state index in [1.165, 1.54) is 49.9 Å². The summed E-state index contributed by atoms with van der Waals surface area (Å²) in [4.78, 5) is 33.4. The van der Waals surface area contributed by atoms with Crippen molar-refractivity contribution >= 4 is 11.9 Å². The minimum Gasteiger partial charge on any atom is -0.494 e. The van der Waals surface area contributed by atoms with Gasteiger partial charge in [0.1, 0.15) is 11.8 Å². The van der Waals surface area contributed by atoms with E-state index in [1.54, 1.807) is 24.5 Å². The highest BCUT2D eigenvalue weighted by Crippen LogP contribution is 2.24. The van der Waals surface area contributed by atoms with Crippen molar-refractivity contribution in [2.24, 2.45) is 0 Å². The maximum Gasteiger partial charge on any atom is 0.326 e. The van der Waals surface area contributed by atoms with Gasteiger partial charge >= 0.3 is 5.97 Å². The number of aliphatic carboxylic acids is 1. The Morgan fingerprint density at radius 3 is 2.12 bits per heavy atom. The number of nitrogens with zero attached hydrogens (tertiary/aromatic N) is 3. The molecule has 0 bridgehead atoms. The van der Waals surface area contributed by atoms with Crippen LogP contribution >= 0.6 is 0 Å². The number of aromatic nitrogens is 2. The summed E-state index contributed by atoms with van der Waals surface area (Å²) in [6.07, 6.45) is 9.69. The topological polar surface area (TPSA) is 125 Å². The molecule has 0 spiro atoms. The van der Waals surface area contributed by atoms with Gasteiger partial charge in [-0.3, -0.25) is 4.79 Å². The molecule has 42 heavy (non-hydrogen) atoms. The second-order valence-corrected chi connectivity index (χ2v) is 10.0. The summed E-state index contributed by atoms with van der Waals surface area (Å²) in [5.41, 5.74) is 4.13. The molecule has 4 rings (SSSR count). The number of nitrogens with one attached hydrogen (secondary N) is 1. The summed E-state index contributed by atoms with van der Waals surface area (Å²) in [7, 11) is 0. The zero-order chi connectivity index (χ0) is 29.7. The largest absolute Gasteiger partial charge is 0.494 e. The highest BCUT2D eigenvalue weighted by molar-refractivity contribution is 5.96. The van der Waals surface area contributed by atoms with Gasteiger partial charge in [0, 0.05) is 35.5 Å². The first-order valence-electron chi connectivity index (χ1n) is 14.1. The van der Waals surface area contributed by atoms with Crippen LogP contribution in [0.25, 0.3) is 22.5 Å². The van der Waals surface area contributed by atoms with Crippen LogP contribution in [-0.2, 0) is 11.2 Å². The molecule has 8 nitrogen and oxygen atoms in total. The van der Waals surface area contributed by atoms with Crippen molar-refractivity contribution in [2.45, 2.75) is 51.5 Å². The normalized spacial score (nSPS) is 11.3. The first-order valence-corrected chi connectivity index (χ1v) is 14.1. The molecule has 8 heteroatoms. The highest BCUT2D eigenvalue weighted by atomic mass is 16.5. The molecule has 0 saturated carbocycles. The van der Waals surface area contributed by atoms with Crippen molar-refractivity contribution in [2.75, 3.05) is 6.61 Å². The number of carboxylic acid groups (broad SMARTS) is 1. The van der Waals surface area contributed by atoms with Gasteiger partial charge in [0.25, 0.3) is 5.91 Å². The van der Waals surface area contributed by atoms with Gasteiger partial charge in [0.05, 0.1) is 18.2 Å². The molecule has 1 unspecified atom stereocenters. The number of amides is 1. The van der Waals surface area contributed by atoms with Crippen molar-refractivity contribution in [3.8, 4) is 34.3 Å². The number of benzene rings is 3. The molecule has 4 aromatic rings. The Morgan fingerprint density at radius 1 is 0.857 bits per heavy atom. The van der Waals surface area contributed by atoms with Gasteiger partial charge in [-0.2, -0.15) is 5.26 Å². The maximum atomic E-state index is 12.5. The van der Waals surface area contributed by atoms with Crippen LogP contribution in [0.3, 0.4) is 0 Å². The fraction of sp³-hybridized carbons (Fsp3) is 0.265. The monoisotopic (exact) mass is 562 g/mol. The molecule has 0 aliphatic heterocycles. The molecule has 0 fully saturated rings. The van der Waals surface area contributed by atoms with Crippen molar-refractivity contribution < 1.29 is 19.4 Å². The summed E-state index contributed by atoms with van der Waals surface area (Å²) in [6, 6.07) is 22.1. The summed E-state index contributed by atoms with van der Waals surface area (Å²) in [5.74, 6) is -0.248. The number of unbranched alkanes of at least 4 members (excludes halogenated alkanes) is 4. The third-order valence-electron chi connectivity index (χ3n) is 6.89. The summed E-state index contributed by atoms with van der Waals surface area (Å²) in [5, 5.41) is 21.1. The average Bonchev–Trinajstić information content (AvgIpc) is 3.03. The minimum atomic E-state index is -1.14. The lowest BCUT2D eigenvalue weighted by atomic mass is 10.0. The van der Waals surface area contributed by atoms with Gasteiger partial charge in [0.15, 0.2) is 5.82 Å². The second kappa shape index (κ2) is 15.1. The Labute approximate surface area is 246 Å². The molecule has 3 aromatic carbocycles. The molecule has 0 aliphatic rings. The standard InChI is InChI=1S/C34H34N4O4/c1-2-3-4-5-6-19-42-30-17-15-26(16-18-30)29-22-36-32(37-23-29)27-11-7-24(8-12-27)20-31(34(40)41)38-33(39)28-13-9-25(21-35)10-14-28/h7-18,22-23,31H,2-6,19-20H2,1H3,(H,38,39)(H,40,41). The lowest BCUT2D eigenvalue weighted by Gasteiger charge is -2.15. The molecular weight excluding hydrogens is 528 g/mol. The van der Waals surface area contributed by atoms with E-state index in [2.05, 4.69) is 22.2 Å². The van der Waals surface area contributed by atoms with Gasteiger partial charge in [0.2, 0.25) is 0 Å². The van der Waals surface area contributed by atoms with E-state index in [0.717, 1.165) is 41.0 Å². The summed E-state index contributed by atoms with van der Waals surface area (Å²) < 4.78 is 5.85. The second-order valence-electron chi connectivity index (χ2n) is 10.0. The van der Waals surface area contributed by atoms with Crippen molar-refractivity contribution in [3.63, 3.8) is 0 Å². The van der Waals surface area contributed by atoms with E-state index in [-0.39, 0.29) is 12.0 Å². The summed E-state index contributed by atoms with van der Waals surface area (Å²) >= 11 is 0. The van der Waals surface area contributed by atoms with Crippen molar-refractivity contribution in [3.05, 3.63) is 102 Å². The molecule has 1 aromatic heterocycles. The van der Waals surface area contributed by atoms with Crippen molar-refractivity contribution in [1.29, 1.82) is 5.26 Å². The van der Waals surface area contributed by atoms with E-state index in [9.17, 15) is 14.7 Å². The van der Waals surface area contributed by atoms with Crippen LogP contribution in [0.4, 0.5) is 0 Å². The Bertz CT molecular complexity index is 1490. The van der Waals surface area contributed by atoms with E-state index < -0.39 is 17.9 Å². The zero-order valence-corrected chi connectivity index (χ0v) is 23.6. The fourth-order valence-corrected chi connectivity index (χ4v) is 4.43. The van der Waals surface area contributed by atoms with Crippen LogP contribution in [0.5, 0.6) is 5.75 Å². The number of carboxylic acids is 1. The van der Waals surface area contributed by atoms with E-state index in [4.69, 9.17) is 10.00 Å². The van der Waals surface area contributed by atoms with Gasteiger partial charge in [-0.15, -0.1) is 0 Å². The van der Waals surface area contributed by atoms with Gasteiger partial charge in [-0.1, -0.05) is 69.0 Å². The van der Waals surface area contributed by atoms with Crippen LogP contribution in [0.1, 0.15) is 60.5 Å². The number of nitriles is 1. The third-order valence-corrected chi connectivity index (χ3v) is 6.89. The van der Waals surface area contributed by atoms with E-state index in [0.29, 0.717) is 11.4 Å². The molecule has 1 atom stereocenters. The predicted molar refractivity (Wildman–Crippen MR) is 161 cm³/mol. The predicted octanol–water partition coefficient (Wildman–Crippen LogP) is 6.46. The Morgan fingerprint density at radius 2 is 1.50 bits per heavy atom. The minimum absolute atomic E-state index is 0.107. The van der Waals surface area contributed by atoms with Crippen LogP contribution < -0.4 is 10.1 Å². The summed E-state index contributed by atoms with van der Waals surface area (Å²) in [6.45, 7) is 2.94. The molecular formula is C34H34N4O4. The van der Waals surface area contributed by atoms with Gasteiger partial charge < -0.3 is 15.2 Å². The van der Waals surface area contributed by atoms with Crippen LogP contribution in [0, 0.1) is 11.3 Å². The molecule has 1 heterocycles. The lowest BCUT2D eigenvalue weighted by molar-refractivity contribution is -0.139. The highest BCUT2D eigenvalue weighted by Gasteiger charge is 2.21. The number of rotatable bonds is 14. The SMILES string of the molecule is CCCCCCCOc1ccc(-c2cnc(-c3ccc(CC(NC(=O)c4ccc(C#N)cc4)C(=O)O)cc3)nc2)cc1. The molecule has 0 aliphatic carbocycles. The smallest absolute Gasteiger partial charge is 0.326 e. The third kappa shape index (κ3) is 8.48. The van der Waals surface area contributed by atoms with Crippen LogP contribution in [0.2, 0.25) is 0 Å². The molecule has 2 N–H and O–H groups in total. The fourth-order valence-electron chi connectivity index (χ4n) is 4.43. The van der Waals surface area contributed by atoms with Crippen molar-refractivity contribution in [1.82, 2.24) is 15.3 Å².